The Bertz CT molecular complexity index is 492. The van der Waals surface area contributed by atoms with Crippen LogP contribution in [0, 0.1) is 6.92 Å². The molecule has 0 bridgehead atoms. The van der Waals surface area contributed by atoms with Crippen molar-refractivity contribution < 1.29 is 0 Å². The van der Waals surface area contributed by atoms with Gasteiger partial charge in [0.05, 0.1) is 33.5 Å². The summed E-state index contributed by atoms with van der Waals surface area (Å²) in [5.41, 5.74) is 7.83. The van der Waals surface area contributed by atoms with Gasteiger partial charge in [-0.05, 0) is 25.4 Å². The Kier molecular flexibility index (Phi) is 3.22. The van der Waals surface area contributed by atoms with E-state index in [2.05, 4.69) is 14.7 Å². The summed E-state index contributed by atoms with van der Waals surface area (Å²) in [5, 5.41) is 8.70. The minimum absolute atomic E-state index is 0.310. The van der Waals surface area contributed by atoms with Gasteiger partial charge in [0.1, 0.15) is 0 Å². The van der Waals surface area contributed by atoms with Crippen molar-refractivity contribution >= 4 is 23.1 Å². The molecule has 2 rings (SSSR count). The van der Waals surface area contributed by atoms with E-state index < -0.39 is 0 Å². The largest absolute Gasteiger partial charge is 0.318 e. The summed E-state index contributed by atoms with van der Waals surface area (Å²) >= 11 is 7.39. The molecule has 0 amide bonds. The standard InChI is InChI=1S/C9H12ClN5S/c1-3-15-8(6(10)4-12-15)7(11)9-5(2)13-14-16-9/h4,7H,3,11H2,1-2H3. The minimum Gasteiger partial charge on any atom is -0.318 e. The van der Waals surface area contributed by atoms with E-state index in [9.17, 15) is 0 Å². The average molecular weight is 258 g/mol. The van der Waals surface area contributed by atoms with Gasteiger partial charge in [0.25, 0.3) is 0 Å². The molecule has 5 nitrogen and oxygen atoms in total. The van der Waals surface area contributed by atoms with Crippen LogP contribution in [0.4, 0.5) is 0 Å². The van der Waals surface area contributed by atoms with Crippen LogP contribution in [-0.2, 0) is 6.54 Å². The van der Waals surface area contributed by atoms with E-state index in [1.54, 1.807) is 10.9 Å². The molecule has 0 saturated carbocycles. The molecule has 0 radical (unpaired) electrons. The van der Waals surface area contributed by atoms with Crippen LogP contribution in [0.15, 0.2) is 6.20 Å². The summed E-state index contributed by atoms with van der Waals surface area (Å²) < 4.78 is 5.67. The van der Waals surface area contributed by atoms with Crippen molar-refractivity contribution in [1.29, 1.82) is 0 Å². The zero-order valence-corrected chi connectivity index (χ0v) is 10.6. The van der Waals surface area contributed by atoms with E-state index in [1.807, 2.05) is 13.8 Å². The molecular formula is C9H12ClN5S. The molecule has 0 aliphatic heterocycles. The first-order valence-corrected chi connectivity index (χ1v) is 6.06. The lowest BCUT2D eigenvalue weighted by Gasteiger charge is -2.12. The average Bonchev–Trinajstić information content (AvgIpc) is 2.83. The molecule has 16 heavy (non-hydrogen) atoms. The number of rotatable bonds is 3. The summed E-state index contributed by atoms with van der Waals surface area (Å²) in [6, 6.07) is -0.310. The second-order valence-corrected chi connectivity index (χ2v) is 4.59. The zero-order valence-electron chi connectivity index (χ0n) is 9.01. The fourth-order valence-corrected chi connectivity index (χ4v) is 2.49. The number of hydrogen-bond acceptors (Lipinski definition) is 5. The van der Waals surface area contributed by atoms with Crippen molar-refractivity contribution in [1.82, 2.24) is 19.4 Å². The second kappa shape index (κ2) is 4.48. The third kappa shape index (κ3) is 1.83. The third-order valence-corrected chi connectivity index (χ3v) is 3.60. The van der Waals surface area contributed by atoms with Crippen molar-refractivity contribution in [3.05, 3.63) is 27.5 Å². The van der Waals surface area contributed by atoms with Gasteiger partial charge in [-0.3, -0.25) is 4.68 Å². The minimum atomic E-state index is -0.310. The molecule has 0 fully saturated rings. The summed E-state index contributed by atoms with van der Waals surface area (Å²) in [6.45, 7) is 4.62. The molecule has 2 heterocycles. The second-order valence-electron chi connectivity index (χ2n) is 3.39. The fourth-order valence-electron chi connectivity index (χ4n) is 1.58. The van der Waals surface area contributed by atoms with Crippen molar-refractivity contribution in [2.45, 2.75) is 26.4 Å². The molecular weight excluding hydrogens is 246 g/mol. The van der Waals surface area contributed by atoms with Crippen molar-refractivity contribution in [2.75, 3.05) is 0 Å². The maximum absolute atomic E-state index is 6.17. The molecule has 7 heteroatoms. The number of nitrogens with zero attached hydrogens (tertiary/aromatic N) is 4. The highest BCUT2D eigenvalue weighted by atomic mass is 35.5. The molecule has 0 aliphatic rings. The van der Waals surface area contributed by atoms with Crippen molar-refractivity contribution in [3.63, 3.8) is 0 Å². The van der Waals surface area contributed by atoms with Gasteiger partial charge >= 0.3 is 0 Å². The highest BCUT2D eigenvalue weighted by Gasteiger charge is 2.21. The first kappa shape index (κ1) is 11.5. The highest BCUT2D eigenvalue weighted by Crippen LogP contribution is 2.29. The van der Waals surface area contributed by atoms with Gasteiger partial charge in [-0.1, -0.05) is 16.1 Å². The van der Waals surface area contributed by atoms with Gasteiger partial charge in [-0.25, -0.2) is 0 Å². The van der Waals surface area contributed by atoms with Crippen LogP contribution >= 0.6 is 23.1 Å². The summed E-state index contributed by atoms with van der Waals surface area (Å²) in [5.74, 6) is 0. The van der Waals surface area contributed by atoms with Crippen LogP contribution in [0.3, 0.4) is 0 Å². The van der Waals surface area contributed by atoms with Gasteiger partial charge in [0, 0.05) is 6.54 Å². The predicted octanol–water partition coefficient (Wildman–Crippen LogP) is 1.76. The van der Waals surface area contributed by atoms with Crippen LogP contribution in [0.2, 0.25) is 5.02 Å². The topological polar surface area (TPSA) is 69.6 Å². The SMILES string of the molecule is CCn1ncc(Cl)c1C(N)c1snnc1C. The molecule has 1 unspecified atom stereocenters. The van der Waals surface area contributed by atoms with Gasteiger partial charge in [-0.2, -0.15) is 5.10 Å². The van der Waals surface area contributed by atoms with E-state index in [4.69, 9.17) is 17.3 Å². The molecule has 0 aliphatic carbocycles. The maximum Gasteiger partial charge on any atom is 0.0867 e. The Morgan fingerprint density at radius 2 is 2.38 bits per heavy atom. The fraction of sp³-hybridized carbons (Fsp3) is 0.444. The monoisotopic (exact) mass is 257 g/mol. The normalized spacial score (nSPS) is 13.0. The van der Waals surface area contributed by atoms with Crippen molar-refractivity contribution in [2.24, 2.45) is 5.73 Å². The number of aromatic nitrogens is 4. The lowest BCUT2D eigenvalue weighted by Crippen LogP contribution is -2.17. The summed E-state index contributed by atoms with van der Waals surface area (Å²) in [7, 11) is 0. The van der Waals surface area contributed by atoms with E-state index in [0.29, 0.717) is 5.02 Å². The maximum atomic E-state index is 6.17. The Balaban J connectivity index is 2.44. The molecule has 0 spiro atoms. The van der Waals surface area contributed by atoms with E-state index in [-0.39, 0.29) is 6.04 Å². The van der Waals surface area contributed by atoms with Crippen LogP contribution in [0.25, 0.3) is 0 Å². The van der Waals surface area contributed by atoms with Gasteiger partial charge in [0.15, 0.2) is 0 Å². The number of aryl methyl sites for hydroxylation is 2. The molecule has 0 saturated heterocycles. The Hall–Kier alpha value is -0.980. The van der Waals surface area contributed by atoms with Gasteiger partial charge in [0.2, 0.25) is 0 Å². The van der Waals surface area contributed by atoms with E-state index in [0.717, 1.165) is 22.8 Å². The summed E-state index contributed by atoms with van der Waals surface area (Å²) in [4.78, 5) is 0.928. The van der Waals surface area contributed by atoms with Crippen LogP contribution in [-0.4, -0.2) is 19.4 Å². The quantitative estimate of drug-likeness (QED) is 0.910. The third-order valence-electron chi connectivity index (χ3n) is 2.40. The van der Waals surface area contributed by atoms with Crippen LogP contribution < -0.4 is 5.73 Å². The number of nitrogens with two attached hydrogens (primary N) is 1. The molecule has 1 atom stereocenters. The molecule has 2 N–H and O–H groups in total. The molecule has 86 valence electrons. The van der Waals surface area contributed by atoms with Crippen molar-refractivity contribution in [3.8, 4) is 0 Å². The predicted molar refractivity (Wildman–Crippen MR) is 63.6 cm³/mol. The van der Waals surface area contributed by atoms with Gasteiger partial charge < -0.3 is 5.73 Å². The van der Waals surface area contributed by atoms with Crippen LogP contribution in [0.5, 0.6) is 0 Å². The first-order chi connectivity index (χ1) is 7.65. The van der Waals surface area contributed by atoms with E-state index >= 15 is 0 Å². The zero-order chi connectivity index (χ0) is 11.7. The molecule has 0 aromatic carbocycles. The number of hydrogen-bond donors (Lipinski definition) is 1. The Morgan fingerprint density at radius 3 is 2.94 bits per heavy atom. The molecule has 2 aromatic heterocycles. The van der Waals surface area contributed by atoms with Gasteiger partial charge in [-0.15, -0.1) is 5.10 Å². The lowest BCUT2D eigenvalue weighted by molar-refractivity contribution is 0.602. The Morgan fingerprint density at radius 1 is 1.62 bits per heavy atom. The smallest absolute Gasteiger partial charge is 0.0867 e. The number of halogens is 1. The highest BCUT2D eigenvalue weighted by molar-refractivity contribution is 7.05. The first-order valence-electron chi connectivity index (χ1n) is 4.90. The lowest BCUT2D eigenvalue weighted by atomic mass is 10.1. The van der Waals surface area contributed by atoms with Crippen LogP contribution in [0.1, 0.15) is 29.2 Å². The Labute approximate surface area is 102 Å². The summed E-state index contributed by atoms with van der Waals surface area (Å²) in [6.07, 6.45) is 1.62. The molecule has 2 aromatic rings. The van der Waals surface area contributed by atoms with E-state index in [1.165, 1.54) is 11.5 Å².